The Balaban J connectivity index is 2.70. The Morgan fingerprint density at radius 3 is 2.59 bits per heavy atom. The van der Waals surface area contributed by atoms with Gasteiger partial charge in [-0.1, -0.05) is 6.07 Å². The van der Waals surface area contributed by atoms with Gasteiger partial charge in [0.1, 0.15) is 17.7 Å². The Hall–Kier alpha value is -1.46. The minimum absolute atomic E-state index is 0.353. The van der Waals surface area contributed by atoms with Crippen LogP contribution in [0.4, 0.5) is 0 Å². The van der Waals surface area contributed by atoms with Crippen LogP contribution in [0.2, 0.25) is 0 Å². The number of aliphatic hydroxyl groups is 1. The number of hydrogen-bond acceptors (Lipinski definition) is 5. The van der Waals surface area contributed by atoms with Gasteiger partial charge in [0.25, 0.3) is 0 Å². The van der Waals surface area contributed by atoms with Crippen molar-refractivity contribution in [1.29, 1.82) is 0 Å². The van der Waals surface area contributed by atoms with Gasteiger partial charge in [-0.05, 0) is 32.9 Å². The van der Waals surface area contributed by atoms with Crippen LogP contribution in [0.15, 0.2) is 24.4 Å². The summed E-state index contributed by atoms with van der Waals surface area (Å²) in [4.78, 5) is 15.6. The molecule has 1 aromatic heterocycles. The first-order valence-corrected chi connectivity index (χ1v) is 5.39. The molecule has 1 rings (SSSR count). The molecule has 0 aliphatic carbocycles. The van der Waals surface area contributed by atoms with Crippen molar-refractivity contribution < 1.29 is 14.6 Å². The third-order valence-corrected chi connectivity index (χ3v) is 2.01. The van der Waals surface area contributed by atoms with Crippen molar-refractivity contribution in [2.24, 2.45) is 5.73 Å². The molecule has 94 valence electrons. The minimum atomic E-state index is -1.16. The maximum Gasteiger partial charge on any atom is 0.326 e. The molecule has 0 bridgehead atoms. The highest BCUT2D eigenvalue weighted by Crippen LogP contribution is 2.16. The lowest BCUT2D eigenvalue weighted by Gasteiger charge is -2.24. The van der Waals surface area contributed by atoms with Crippen LogP contribution in [-0.2, 0) is 9.53 Å². The van der Waals surface area contributed by atoms with Crippen LogP contribution < -0.4 is 5.73 Å². The van der Waals surface area contributed by atoms with E-state index in [2.05, 4.69) is 4.98 Å². The molecular weight excluding hydrogens is 220 g/mol. The Labute approximate surface area is 101 Å². The van der Waals surface area contributed by atoms with Gasteiger partial charge < -0.3 is 15.6 Å². The lowest BCUT2D eigenvalue weighted by molar-refractivity contribution is -0.159. The highest BCUT2D eigenvalue weighted by molar-refractivity contribution is 5.76. The Morgan fingerprint density at radius 1 is 1.47 bits per heavy atom. The van der Waals surface area contributed by atoms with Crippen molar-refractivity contribution in [3.05, 3.63) is 30.1 Å². The predicted molar refractivity (Wildman–Crippen MR) is 63.0 cm³/mol. The number of nitrogens with two attached hydrogens (primary N) is 1. The number of rotatable bonds is 3. The number of hydrogen-bond donors (Lipinski definition) is 2. The summed E-state index contributed by atoms with van der Waals surface area (Å²) in [5, 5.41) is 9.87. The van der Waals surface area contributed by atoms with Gasteiger partial charge in [0, 0.05) is 6.20 Å². The molecule has 1 heterocycles. The number of nitrogens with zero attached hydrogens (tertiary/aromatic N) is 1. The van der Waals surface area contributed by atoms with Gasteiger partial charge in [-0.3, -0.25) is 9.78 Å². The van der Waals surface area contributed by atoms with Crippen LogP contribution in [0, 0.1) is 0 Å². The van der Waals surface area contributed by atoms with Crippen LogP contribution in [-0.4, -0.2) is 27.7 Å². The number of aliphatic hydroxyl groups excluding tert-OH is 1. The molecule has 0 saturated carbocycles. The summed E-state index contributed by atoms with van der Waals surface area (Å²) < 4.78 is 5.09. The van der Waals surface area contributed by atoms with Crippen LogP contribution in [0.25, 0.3) is 0 Å². The molecule has 1 aromatic rings. The number of ether oxygens (including phenoxy) is 1. The van der Waals surface area contributed by atoms with Gasteiger partial charge in [-0.25, -0.2) is 0 Å². The Kier molecular flexibility index (Phi) is 4.20. The second-order valence-electron chi connectivity index (χ2n) is 4.76. The number of carbonyl (C=O) groups is 1. The Bertz CT molecular complexity index is 373. The van der Waals surface area contributed by atoms with Crippen molar-refractivity contribution in [2.75, 3.05) is 0 Å². The molecule has 0 spiro atoms. The summed E-state index contributed by atoms with van der Waals surface area (Å²) in [6.07, 6.45) is 0.367. The fraction of sp³-hybridized carbons (Fsp3) is 0.500. The van der Waals surface area contributed by atoms with E-state index in [0.29, 0.717) is 5.69 Å². The number of esters is 1. The van der Waals surface area contributed by atoms with Crippen molar-refractivity contribution in [3.8, 4) is 0 Å². The fourth-order valence-electron chi connectivity index (χ4n) is 1.23. The molecule has 0 saturated heterocycles. The molecule has 0 radical (unpaired) electrons. The third-order valence-electron chi connectivity index (χ3n) is 2.01. The molecule has 5 heteroatoms. The lowest BCUT2D eigenvalue weighted by Crippen LogP contribution is -2.41. The first-order chi connectivity index (χ1) is 7.81. The largest absolute Gasteiger partial charge is 0.459 e. The van der Waals surface area contributed by atoms with Crippen molar-refractivity contribution in [1.82, 2.24) is 4.98 Å². The van der Waals surface area contributed by atoms with Crippen molar-refractivity contribution in [3.63, 3.8) is 0 Å². The van der Waals surface area contributed by atoms with E-state index in [1.54, 1.807) is 39.0 Å². The highest BCUT2D eigenvalue weighted by atomic mass is 16.6. The van der Waals surface area contributed by atoms with Crippen molar-refractivity contribution in [2.45, 2.75) is 38.5 Å². The van der Waals surface area contributed by atoms with E-state index in [-0.39, 0.29) is 0 Å². The zero-order valence-corrected chi connectivity index (χ0v) is 10.3. The van der Waals surface area contributed by atoms with E-state index in [9.17, 15) is 9.90 Å². The smallest absolute Gasteiger partial charge is 0.326 e. The Morgan fingerprint density at radius 2 is 2.12 bits per heavy atom. The van der Waals surface area contributed by atoms with E-state index >= 15 is 0 Å². The molecule has 0 amide bonds. The molecule has 5 nitrogen and oxygen atoms in total. The van der Waals surface area contributed by atoms with Crippen LogP contribution in [0.5, 0.6) is 0 Å². The predicted octanol–water partition coefficient (Wildman–Crippen LogP) is 0.784. The molecule has 0 aromatic carbocycles. The van der Waals surface area contributed by atoms with E-state index < -0.39 is 23.7 Å². The fourth-order valence-corrected chi connectivity index (χ4v) is 1.23. The average Bonchev–Trinajstić information content (AvgIpc) is 2.26. The van der Waals surface area contributed by atoms with Gasteiger partial charge in [0.05, 0.1) is 5.69 Å². The van der Waals surface area contributed by atoms with Crippen LogP contribution in [0.3, 0.4) is 0 Å². The highest BCUT2D eigenvalue weighted by Gasteiger charge is 2.29. The first kappa shape index (κ1) is 13.6. The molecule has 2 atom stereocenters. The van der Waals surface area contributed by atoms with E-state index in [1.165, 1.54) is 6.20 Å². The first-order valence-electron chi connectivity index (χ1n) is 5.39. The summed E-state index contributed by atoms with van der Waals surface area (Å²) >= 11 is 0. The van der Waals surface area contributed by atoms with Crippen LogP contribution in [0.1, 0.15) is 32.6 Å². The van der Waals surface area contributed by atoms with Crippen LogP contribution >= 0.6 is 0 Å². The van der Waals surface area contributed by atoms with Gasteiger partial charge in [-0.2, -0.15) is 0 Å². The minimum Gasteiger partial charge on any atom is -0.459 e. The SMILES string of the molecule is CC(C)(C)OC(=O)[C@H](N)[C@@H](O)c1ccccn1. The molecular formula is C12H18N2O3. The summed E-state index contributed by atoms with van der Waals surface area (Å²) in [7, 11) is 0. The third kappa shape index (κ3) is 4.13. The van der Waals surface area contributed by atoms with Crippen molar-refractivity contribution >= 4 is 5.97 Å². The quantitative estimate of drug-likeness (QED) is 0.760. The van der Waals surface area contributed by atoms with E-state index in [1.807, 2.05) is 0 Å². The maximum absolute atomic E-state index is 11.6. The number of aromatic nitrogens is 1. The monoisotopic (exact) mass is 238 g/mol. The molecule has 0 fully saturated rings. The summed E-state index contributed by atoms with van der Waals surface area (Å²) in [5.74, 6) is -0.643. The maximum atomic E-state index is 11.6. The standard InChI is InChI=1S/C12H18N2O3/c1-12(2,3)17-11(16)9(13)10(15)8-6-4-5-7-14-8/h4-7,9-10,15H,13H2,1-3H3/t9-,10+/m1/s1. The normalized spacial score (nSPS) is 15.1. The molecule has 17 heavy (non-hydrogen) atoms. The second-order valence-corrected chi connectivity index (χ2v) is 4.76. The van der Waals surface area contributed by atoms with Gasteiger partial charge in [-0.15, -0.1) is 0 Å². The molecule has 0 aliphatic rings. The van der Waals surface area contributed by atoms with Gasteiger partial charge in [0.2, 0.25) is 0 Å². The van der Waals surface area contributed by atoms with E-state index in [4.69, 9.17) is 10.5 Å². The van der Waals surface area contributed by atoms with Gasteiger partial charge >= 0.3 is 5.97 Å². The summed E-state index contributed by atoms with van der Waals surface area (Å²) in [6.45, 7) is 5.22. The van der Waals surface area contributed by atoms with E-state index in [0.717, 1.165) is 0 Å². The van der Waals surface area contributed by atoms with Gasteiger partial charge in [0.15, 0.2) is 0 Å². The lowest BCUT2D eigenvalue weighted by atomic mass is 10.1. The zero-order valence-electron chi connectivity index (χ0n) is 10.3. The summed E-state index contributed by atoms with van der Waals surface area (Å²) in [5.41, 5.74) is 5.36. The molecule has 0 aliphatic heterocycles. The molecule has 3 N–H and O–H groups in total. The summed E-state index contributed by atoms with van der Waals surface area (Å²) in [6, 6.07) is 3.90. The average molecular weight is 238 g/mol. The zero-order chi connectivity index (χ0) is 13.1. The number of carbonyl (C=O) groups excluding carboxylic acids is 1. The topological polar surface area (TPSA) is 85.4 Å². The molecule has 0 unspecified atom stereocenters. The second kappa shape index (κ2) is 5.25. The number of pyridine rings is 1.